The number of benzene rings is 1. The predicted molar refractivity (Wildman–Crippen MR) is 96.3 cm³/mol. The second-order valence-corrected chi connectivity index (χ2v) is 7.02. The van der Waals surface area contributed by atoms with Crippen LogP contribution in [0.1, 0.15) is 48.9 Å². The Balaban J connectivity index is 1.45. The molecule has 0 radical (unpaired) electrons. The largest absolute Gasteiger partial charge is 0.378 e. The van der Waals surface area contributed by atoms with Crippen molar-refractivity contribution in [2.45, 2.75) is 44.6 Å². The van der Waals surface area contributed by atoms with E-state index >= 15 is 0 Å². The number of hydrogen-bond acceptors (Lipinski definition) is 3. The van der Waals surface area contributed by atoms with E-state index in [1.807, 2.05) is 35.2 Å². The van der Waals surface area contributed by atoms with Gasteiger partial charge in [0.1, 0.15) is 0 Å². The first-order chi connectivity index (χ1) is 12.2. The number of hydrogen-bond donors (Lipinski definition) is 1. The number of carbonyl (C=O) groups excluding carboxylic acids is 2. The summed E-state index contributed by atoms with van der Waals surface area (Å²) < 4.78 is 5.70. The molecule has 136 valence electrons. The SMILES string of the molecule is O=C(NCCC1CCCCO1)C1CCCN(C(=O)c2ccccc2)C1. The van der Waals surface area contributed by atoms with Gasteiger partial charge in [-0.2, -0.15) is 0 Å². The van der Waals surface area contributed by atoms with Gasteiger partial charge in [0.15, 0.2) is 0 Å². The summed E-state index contributed by atoms with van der Waals surface area (Å²) in [5, 5.41) is 3.04. The van der Waals surface area contributed by atoms with Crippen molar-refractivity contribution in [1.29, 1.82) is 0 Å². The third-order valence-electron chi connectivity index (χ3n) is 5.14. The molecule has 2 aliphatic heterocycles. The minimum Gasteiger partial charge on any atom is -0.378 e. The van der Waals surface area contributed by atoms with Crippen molar-refractivity contribution in [3.63, 3.8) is 0 Å². The van der Waals surface area contributed by atoms with Crippen LogP contribution in [-0.4, -0.2) is 49.1 Å². The summed E-state index contributed by atoms with van der Waals surface area (Å²) in [5.41, 5.74) is 0.693. The first kappa shape index (κ1) is 17.9. The van der Waals surface area contributed by atoms with E-state index in [1.165, 1.54) is 6.42 Å². The average molecular weight is 344 g/mol. The number of nitrogens with one attached hydrogen (secondary N) is 1. The zero-order chi connectivity index (χ0) is 17.5. The van der Waals surface area contributed by atoms with Crippen molar-refractivity contribution in [3.05, 3.63) is 35.9 Å². The molecule has 0 saturated carbocycles. The molecule has 3 rings (SSSR count). The fourth-order valence-corrected chi connectivity index (χ4v) is 3.67. The molecular weight excluding hydrogens is 316 g/mol. The molecule has 25 heavy (non-hydrogen) atoms. The van der Waals surface area contributed by atoms with Crippen LogP contribution in [0, 0.1) is 5.92 Å². The molecule has 0 aromatic heterocycles. The predicted octanol–water partition coefficient (Wildman–Crippen LogP) is 2.61. The van der Waals surface area contributed by atoms with E-state index in [2.05, 4.69) is 5.32 Å². The summed E-state index contributed by atoms with van der Waals surface area (Å²) in [4.78, 5) is 26.8. The van der Waals surface area contributed by atoms with E-state index in [-0.39, 0.29) is 23.8 Å². The van der Waals surface area contributed by atoms with Gasteiger partial charge >= 0.3 is 0 Å². The summed E-state index contributed by atoms with van der Waals surface area (Å²) in [7, 11) is 0. The monoisotopic (exact) mass is 344 g/mol. The molecule has 2 aliphatic rings. The lowest BCUT2D eigenvalue weighted by atomic mass is 9.96. The molecule has 2 atom stereocenters. The highest BCUT2D eigenvalue weighted by molar-refractivity contribution is 5.94. The average Bonchev–Trinajstić information content (AvgIpc) is 2.69. The second-order valence-electron chi connectivity index (χ2n) is 7.02. The van der Waals surface area contributed by atoms with Gasteiger partial charge in [0.25, 0.3) is 5.91 Å². The highest BCUT2D eigenvalue weighted by atomic mass is 16.5. The highest BCUT2D eigenvalue weighted by Crippen LogP contribution is 2.19. The van der Waals surface area contributed by atoms with Gasteiger partial charge in [0, 0.05) is 31.8 Å². The normalized spacial score (nSPS) is 23.9. The van der Waals surface area contributed by atoms with Gasteiger partial charge in [-0.05, 0) is 50.7 Å². The van der Waals surface area contributed by atoms with Gasteiger partial charge in [-0.1, -0.05) is 18.2 Å². The van der Waals surface area contributed by atoms with Crippen LogP contribution in [0.2, 0.25) is 0 Å². The van der Waals surface area contributed by atoms with E-state index in [4.69, 9.17) is 4.74 Å². The molecule has 1 aromatic rings. The minimum absolute atomic E-state index is 0.0219. The third kappa shape index (κ3) is 5.05. The molecule has 2 unspecified atom stereocenters. The molecular formula is C20H28N2O3. The maximum Gasteiger partial charge on any atom is 0.253 e. The van der Waals surface area contributed by atoms with Crippen LogP contribution in [0.15, 0.2) is 30.3 Å². The van der Waals surface area contributed by atoms with Crippen molar-refractivity contribution >= 4 is 11.8 Å². The van der Waals surface area contributed by atoms with Gasteiger partial charge in [0.05, 0.1) is 12.0 Å². The second kappa shape index (κ2) is 8.99. The van der Waals surface area contributed by atoms with E-state index in [0.717, 1.165) is 45.3 Å². The van der Waals surface area contributed by atoms with Crippen LogP contribution < -0.4 is 5.32 Å². The Hall–Kier alpha value is -1.88. The fourth-order valence-electron chi connectivity index (χ4n) is 3.67. The van der Waals surface area contributed by atoms with Crippen molar-refractivity contribution in [1.82, 2.24) is 10.2 Å². The number of ether oxygens (including phenoxy) is 1. The Morgan fingerprint density at radius 3 is 2.72 bits per heavy atom. The number of piperidine rings is 1. The Morgan fingerprint density at radius 2 is 1.96 bits per heavy atom. The Morgan fingerprint density at radius 1 is 1.12 bits per heavy atom. The lowest BCUT2D eigenvalue weighted by Crippen LogP contribution is -2.45. The summed E-state index contributed by atoms with van der Waals surface area (Å²) >= 11 is 0. The standard InChI is InChI=1S/C20H28N2O3/c23-19(21-12-11-18-10-4-5-14-25-18)17-9-6-13-22(15-17)20(24)16-7-2-1-3-8-16/h1-3,7-8,17-18H,4-6,9-15H2,(H,21,23). The first-order valence-corrected chi connectivity index (χ1v) is 9.47. The quantitative estimate of drug-likeness (QED) is 0.893. The molecule has 0 spiro atoms. The zero-order valence-electron chi connectivity index (χ0n) is 14.8. The van der Waals surface area contributed by atoms with Gasteiger partial charge in [-0.15, -0.1) is 0 Å². The van der Waals surface area contributed by atoms with Crippen LogP contribution in [-0.2, 0) is 9.53 Å². The number of nitrogens with zero attached hydrogens (tertiary/aromatic N) is 1. The summed E-state index contributed by atoms with van der Waals surface area (Å²) in [6, 6.07) is 9.30. The van der Waals surface area contributed by atoms with Gasteiger partial charge in [0.2, 0.25) is 5.91 Å². The summed E-state index contributed by atoms with van der Waals surface area (Å²) in [5.74, 6) is -0.0104. The summed E-state index contributed by atoms with van der Waals surface area (Å²) in [6.45, 7) is 2.75. The fraction of sp³-hybridized carbons (Fsp3) is 0.600. The van der Waals surface area contributed by atoms with Crippen LogP contribution in [0.3, 0.4) is 0 Å². The molecule has 0 aliphatic carbocycles. The van der Waals surface area contributed by atoms with E-state index < -0.39 is 0 Å². The van der Waals surface area contributed by atoms with Crippen molar-refractivity contribution in [2.75, 3.05) is 26.2 Å². The van der Waals surface area contributed by atoms with Crippen LogP contribution in [0.25, 0.3) is 0 Å². The van der Waals surface area contributed by atoms with Crippen LogP contribution >= 0.6 is 0 Å². The maximum atomic E-state index is 12.6. The molecule has 5 nitrogen and oxygen atoms in total. The van der Waals surface area contributed by atoms with Crippen molar-refractivity contribution in [2.24, 2.45) is 5.92 Å². The summed E-state index contributed by atoms with van der Waals surface area (Å²) in [6.07, 6.45) is 6.36. The Labute approximate surface area is 149 Å². The zero-order valence-corrected chi connectivity index (χ0v) is 14.8. The van der Waals surface area contributed by atoms with Crippen LogP contribution in [0.5, 0.6) is 0 Å². The van der Waals surface area contributed by atoms with Gasteiger partial charge in [-0.25, -0.2) is 0 Å². The number of likely N-dealkylation sites (tertiary alicyclic amines) is 1. The molecule has 1 aromatic carbocycles. The van der Waals surface area contributed by atoms with E-state index in [9.17, 15) is 9.59 Å². The highest BCUT2D eigenvalue weighted by Gasteiger charge is 2.28. The molecule has 2 heterocycles. The van der Waals surface area contributed by atoms with E-state index in [1.54, 1.807) is 0 Å². The first-order valence-electron chi connectivity index (χ1n) is 9.47. The number of rotatable bonds is 5. The minimum atomic E-state index is -0.103. The van der Waals surface area contributed by atoms with Gasteiger partial charge in [-0.3, -0.25) is 9.59 Å². The third-order valence-corrected chi connectivity index (χ3v) is 5.14. The molecule has 0 bridgehead atoms. The topological polar surface area (TPSA) is 58.6 Å². The van der Waals surface area contributed by atoms with Crippen LogP contribution in [0.4, 0.5) is 0 Å². The van der Waals surface area contributed by atoms with E-state index in [0.29, 0.717) is 18.7 Å². The molecule has 2 amide bonds. The Bertz CT molecular complexity index is 570. The number of carbonyl (C=O) groups is 2. The lowest BCUT2D eigenvalue weighted by Gasteiger charge is -2.32. The molecule has 5 heteroatoms. The lowest BCUT2D eigenvalue weighted by molar-refractivity contribution is -0.126. The smallest absolute Gasteiger partial charge is 0.253 e. The van der Waals surface area contributed by atoms with Crippen molar-refractivity contribution in [3.8, 4) is 0 Å². The maximum absolute atomic E-state index is 12.6. The molecule has 2 fully saturated rings. The Kier molecular flexibility index (Phi) is 6.45. The van der Waals surface area contributed by atoms with Gasteiger partial charge < -0.3 is 15.0 Å². The van der Waals surface area contributed by atoms with Crippen molar-refractivity contribution < 1.29 is 14.3 Å². The molecule has 2 saturated heterocycles. The molecule has 1 N–H and O–H groups in total. The number of amides is 2.